The van der Waals surface area contributed by atoms with E-state index in [4.69, 9.17) is 0 Å². The van der Waals surface area contributed by atoms with E-state index in [9.17, 15) is 5.11 Å². The van der Waals surface area contributed by atoms with Gasteiger partial charge in [-0.1, -0.05) is 20.3 Å². The lowest BCUT2D eigenvalue weighted by Gasteiger charge is -2.42. The molecule has 0 radical (unpaired) electrons. The molecule has 2 fully saturated rings. The van der Waals surface area contributed by atoms with Crippen molar-refractivity contribution in [1.82, 2.24) is 10.2 Å². The highest BCUT2D eigenvalue weighted by Gasteiger charge is 2.32. The second-order valence-electron chi connectivity index (χ2n) is 6.60. The largest absolute Gasteiger partial charge is 0.395 e. The van der Waals surface area contributed by atoms with Crippen LogP contribution in [-0.2, 0) is 0 Å². The van der Waals surface area contributed by atoms with E-state index in [2.05, 4.69) is 24.1 Å². The van der Waals surface area contributed by atoms with Gasteiger partial charge in [-0.2, -0.15) is 0 Å². The van der Waals surface area contributed by atoms with E-state index in [1.54, 1.807) is 0 Å². The molecule has 0 aromatic heterocycles. The van der Waals surface area contributed by atoms with Gasteiger partial charge in [-0.25, -0.2) is 0 Å². The average Bonchev–Trinajstić information content (AvgIpc) is 3.08. The Bertz CT molecular complexity index is 251. The van der Waals surface area contributed by atoms with Gasteiger partial charge in [0, 0.05) is 31.7 Å². The summed E-state index contributed by atoms with van der Waals surface area (Å²) in [5, 5.41) is 12.9. The van der Waals surface area contributed by atoms with Gasteiger partial charge in [-0.15, -0.1) is 0 Å². The highest BCUT2D eigenvalue weighted by molar-refractivity contribution is 4.89. The molecule has 2 aliphatic carbocycles. The standard InChI is InChI=1S/C15H30N2O/c1-3-15(2,11-16-13-7-8-13)12-17(9-10-18)14-5-4-6-14/h13-14,16,18H,3-12H2,1-2H3. The molecule has 0 aromatic carbocycles. The van der Waals surface area contributed by atoms with Crippen molar-refractivity contribution in [2.75, 3.05) is 26.2 Å². The van der Waals surface area contributed by atoms with E-state index >= 15 is 0 Å². The fraction of sp³-hybridized carbons (Fsp3) is 1.00. The van der Waals surface area contributed by atoms with Crippen molar-refractivity contribution in [3.8, 4) is 0 Å². The maximum atomic E-state index is 9.25. The first-order valence-corrected chi connectivity index (χ1v) is 7.75. The summed E-state index contributed by atoms with van der Waals surface area (Å²) in [6, 6.07) is 1.54. The Morgan fingerprint density at radius 1 is 1.28 bits per heavy atom. The lowest BCUT2D eigenvalue weighted by molar-refractivity contribution is 0.0565. The van der Waals surface area contributed by atoms with Crippen molar-refractivity contribution in [3.63, 3.8) is 0 Å². The lowest BCUT2D eigenvalue weighted by atomic mass is 9.84. The molecule has 2 aliphatic rings. The van der Waals surface area contributed by atoms with Gasteiger partial charge in [0.05, 0.1) is 6.61 Å². The quantitative estimate of drug-likeness (QED) is 0.660. The van der Waals surface area contributed by atoms with Crippen LogP contribution in [-0.4, -0.2) is 48.3 Å². The van der Waals surface area contributed by atoms with Crippen molar-refractivity contribution >= 4 is 0 Å². The van der Waals surface area contributed by atoms with Crippen LogP contribution in [0.5, 0.6) is 0 Å². The normalized spacial score (nSPS) is 24.0. The summed E-state index contributed by atoms with van der Waals surface area (Å²) < 4.78 is 0. The SMILES string of the molecule is CCC(C)(CNC1CC1)CN(CCO)C1CCC1. The van der Waals surface area contributed by atoms with E-state index in [-0.39, 0.29) is 0 Å². The fourth-order valence-corrected chi connectivity index (χ4v) is 2.73. The van der Waals surface area contributed by atoms with Gasteiger partial charge in [0.15, 0.2) is 0 Å². The Hall–Kier alpha value is -0.120. The molecular formula is C15H30N2O. The van der Waals surface area contributed by atoms with Crippen molar-refractivity contribution in [1.29, 1.82) is 0 Å². The zero-order valence-corrected chi connectivity index (χ0v) is 12.1. The minimum Gasteiger partial charge on any atom is -0.395 e. The van der Waals surface area contributed by atoms with Gasteiger partial charge in [0.1, 0.15) is 0 Å². The third-order valence-corrected chi connectivity index (χ3v) is 4.81. The molecule has 0 spiro atoms. The molecule has 0 bridgehead atoms. The molecule has 1 atom stereocenters. The molecule has 0 saturated heterocycles. The molecule has 3 heteroatoms. The fourth-order valence-electron chi connectivity index (χ4n) is 2.73. The summed E-state index contributed by atoms with van der Waals surface area (Å²) in [5.41, 5.74) is 0.355. The van der Waals surface area contributed by atoms with Crippen molar-refractivity contribution in [2.24, 2.45) is 5.41 Å². The highest BCUT2D eigenvalue weighted by Crippen LogP contribution is 2.30. The molecule has 2 rings (SSSR count). The average molecular weight is 254 g/mol. The van der Waals surface area contributed by atoms with Crippen molar-refractivity contribution < 1.29 is 5.11 Å². The lowest BCUT2D eigenvalue weighted by Crippen LogP contribution is -2.49. The number of nitrogens with zero attached hydrogens (tertiary/aromatic N) is 1. The summed E-state index contributed by atoms with van der Waals surface area (Å²) in [5.74, 6) is 0. The summed E-state index contributed by atoms with van der Waals surface area (Å²) in [4.78, 5) is 2.53. The minimum absolute atomic E-state index is 0.298. The first kappa shape index (κ1) is 14.3. The van der Waals surface area contributed by atoms with Crippen molar-refractivity contribution in [2.45, 2.75) is 64.5 Å². The maximum absolute atomic E-state index is 9.25. The van der Waals surface area contributed by atoms with E-state index in [0.717, 1.165) is 31.7 Å². The van der Waals surface area contributed by atoms with E-state index < -0.39 is 0 Å². The number of rotatable bonds is 9. The van der Waals surface area contributed by atoms with Gasteiger partial charge in [0.25, 0.3) is 0 Å². The van der Waals surface area contributed by atoms with Crippen LogP contribution >= 0.6 is 0 Å². The Morgan fingerprint density at radius 2 is 2.00 bits per heavy atom. The van der Waals surface area contributed by atoms with Crippen LogP contribution in [0.2, 0.25) is 0 Å². The van der Waals surface area contributed by atoms with Crippen LogP contribution < -0.4 is 5.32 Å². The first-order valence-electron chi connectivity index (χ1n) is 7.75. The third kappa shape index (κ3) is 3.94. The van der Waals surface area contributed by atoms with E-state index in [1.165, 1.54) is 38.5 Å². The number of nitrogens with one attached hydrogen (secondary N) is 1. The smallest absolute Gasteiger partial charge is 0.0558 e. The Balaban J connectivity index is 1.83. The van der Waals surface area contributed by atoms with Crippen LogP contribution in [0.25, 0.3) is 0 Å². The molecule has 18 heavy (non-hydrogen) atoms. The predicted molar refractivity (Wildman–Crippen MR) is 75.7 cm³/mol. The van der Waals surface area contributed by atoms with Gasteiger partial charge in [0.2, 0.25) is 0 Å². The predicted octanol–water partition coefficient (Wildman–Crippen LogP) is 2.00. The van der Waals surface area contributed by atoms with Gasteiger partial charge < -0.3 is 10.4 Å². The third-order valence-electron chi connectivity index (χ3n) is 4.81. The molecule has 106 valence electrons. The van der Waals surface area contributed by atoms with Crippen molar-refractivity contribution in [3.05, 3.63) is 0 Å². The highest BCUT2D eigenvalue weighted by atomic mass is 16.3. The summed E-state index contributed by atoms with van der Waals surface area (Å²) >= 11 is 0. The second-order valence-corrected chi connectivity index (χ2v) is 6.60. The molecule has 0 heterocycles. The molecule has 0 amide bonds. The Morgan fingerprint density at radius 3 is 2.44 bits per heavy atom. The number of aliphatic hydroxyl groups excluding tert-OH is 1. The monoisotopic (exact) mass is 254 g/mol. The van der Waals surface area contributed by atoms with E-state index in [0.29, 0.717) is 12.0 Å². The summed E-state index contributed by atoms with van der Waals surface area (Å²) in [7, 11) is 0. The van der Waals surface area contributed by atoms with Gasteiger partial charge >= 0.3 is 0 Å². The van der Waals surface area contributed by atoms with Crippen LogP contribution in [0.3, 0.4) is 0 Å². The topological polar surface area (TPSA) is 35.5 Å². The molecule has 2 saturated carbocycles. The molecule has 3 nitrogen and oxygen atoms in total. The van der Waals surface area contributed by atoms with Gasteiger partial charge in [-0.05, 0) is 37.5 Å². The Labute approximate surface area is 112 Å². The molecule has 1 unspecified atom stereocenters. The summed E-state index contributed by atoms with van der Waals surface area (Å²) in [6.45, 7) is 8.10. The number of hydrogen-bond acceptors (Lipinski definition) is 3. The second kappa shape index (κ2) is 6.36. The molecule has 2 N–H and O–H groups in total. The zero-order chi connectivity index (χ0) is 13.0. The van der Waals surface area contributed by atoms with Crippen LogP contribution in [0.15, 0.2) is 0 Å². The van der Waals surface area contributed by atoms with Crippen LogP contribution in [0.1, 0.15) is 52.4 Å². The Kier molecular flexibility index (Phi) is 5.05. The van der Waals surface area contributed by atoms with Gasteiger partial charge in [-0.3, -0.25) is 4.90 Å². The molecule has 0 aromatic rings. The van der Waals surface area contributed by atoms with Crippen LogP contribution in [0.4, 0.5) is 0 Å². The molecule has 0 aliphatic heterocycles. The number of aliphatic hydroxyl groups is 1. The maximum Gasteiger partial charge on any atom is 0.0558 e. The van der Waals surface area contributed by atoms with E-state index in [1.807, 2.05) is 0 Å². The number of hydrogen-bond donors (Lipinski definition) is 2. The van der Waals surface area contributed by atoms with Crippen LogP contribution in [0, 0.1) is 5.41 Å². The minimum atomic E-state index is 0.298. The molecular weight excluding hydrogens is 224 g/mol. The zero-order valence-electron chi connectivity index (χ0n) is 12.1. The first-order chi connectivity index (χ1) is 8.67. The summed E-state index contributed by atoms with van der Waals surface area (Å²) in [6.07, 6.45) is 7.97.